The molecule has 0 unspecified atom stereocenters. The van der Waals surface area contributed by atoms with Crippen molar-refractivity contribution < 1.29 is 4.79 Å². The van der Waals surface area contributed by atoms with Crippen LogP contribution in [0.25, 0.3) is 0 Å². The Balaban J connectivity index is 1.39. The highest BCUT2D eigenvalue weighted by Crippen LogP contribution is 2.29. The molecular formula is C30H38ClN5O. The maximum atomic E-state index is 11.7. The van der Waals surface area contributed by atoms with Gasteiger partial charge in [-0.15, -0.1) is 0 Å². The maximum absolute atomic E-state index is 11.7. The molecule has 1 saturated heterocycles. The molecule has 37 heavy (non-hydrogen) atoms. The van der Waals surface area contributed by atoms with Crippen LogP contribution in [0.2, 0.25) is 5.02 Å². The van der Waals surface area contributed by atoms with Crippen LogP contribution in [0.15, 0.2) is 48.8 Å². The zero-order valence-electron chi connectivity index (χ0n) is 22.4. The summed E-state index contributed by atoms with van der Waals surface area (Å²) in [6.07, 6.45) is 7.98. The zero-order chi connectivity index (χ0) is 26.5. The number of carbonyl (C=O) groups is 1. The molecule has 1 aliphatic heterocycles. The molecule has 196 valence electrons. The molecule has 4 rings (SSSR count). The van der Waals surface area contributed by atoms with E-state index in [0.717, 1.165) is 67.3 Å². The van der Waals surface area contributed by atoms with Crippen LogP contribution in [-0.4, -0.2) is 45.9 Å². The first-order valence-corrected chi connectivity index (χ1v) is 13.5. The first kappa shape index (κ1) is 27.1. The number of aryl methyl sites for hydroxylation is 4. The number of halogens is 1. The largest absolute Gasteiger partial charge is 0.366 e. The number of aromatic nitrogens is 2. The normalized spacial score (nSPS) is 15.5. The quantitative estimate of drug-likeness (QED) is 0.395. The average Bonchev–Trinajstić information content (AvgIpc) is 2.87. The third-order valence-corrected chi connectivity index (χ3v) is 7.98. The van der Waals surface area contributed by atoms with Crippen LogP contribution in [0.1, 0.15) is 64.6 Å². The molecule has 1 atom stereocenters. The van der Waals surface area contributed by atoms with Crippen LogP contribution >= 0.6 is 11.6 Å². The van der Waals surface area contributed by atoms with Gasteiger partial charge in [0.1, 0.15) is 0 Å². The second-order valence-electron chi connectivity index (χ2n) is 10.3. The molecule has 2 aromatic heterocycles. The minimum absolute atomic E-state index is 0.406. The number of anilines is 1. The van der Waals surface area contributed by atoms with Crippen molar-refractivity contribution in [2.75, 3.05) is 18.0 Å². The van der Waals surface area contributed by atoms with Crippen LogP contribution in [-0.2, 0) is 13.0 Å². The summed E-state index contributed by atoms with van der Waals surface area (Å²) in [4.78, 5) is 25.8. The number of piperidine rings is 1. The van der Waals surface area contributed by atoms with E-state index in [1.165, 1.54) is 16.8 Å². The standard InChI is InChI=1S/C30H38ClN5O/c1-20-11-14-33-18-24(20)19-36(27-9-6-25(31)7-10-27)28-12-15-35(16-13-28)22(3)5-8-26-17-21(2)29(30(32)37)23(4)34-26/h6-7,9-11,14,17-18,22,28H,5,8,12-13,15-16,19H2,1-4H3,(H2,32,37)/t22-/m1/s1. The second-order valence-corrected chi connectivity index (χ2v) is 10.8. The van der Waals surface area contributed by atoms with E-state index in [-0.39, 0.29) is 0 Å². The van der Waals surface area contributed by atoms with Gasteiger partial charge in [0, 0.05) is 60.5 Å². The van der Waals surface area contributed by atoms with Gasteiger partial charge in [-0.2, -0.15) is 0 Å². The van der Waals surface area contributed by atoms with Crippen molar-refractivity contribution in [1.29, 1.82) is 0 Å². The van der Waals surface area contributed by atoms with E-state index in [4.69, 9.17) is 17.3 Å². The molecule has 7 heteroatoms. The monoisotopic (exact) mass is 519 g/mol. The molecular weight excluding hydrogens is 482 g/mol. The molecule has 1 amide bonds. The SMILES string of the molecule is Cc1ccncc1CN(c1ccc(Cl)cc1)C1CCN([C@H](C)CCc2cc(C)c(C(N)=O)c(C)n2)CC1. The Bertz CT molecular complexity index is 1200. The summed E-state index contributed by atoms with van der Waals surface area (Å²) in [5, 5.41) is 0.758. The van der Waals surface area contributed by atoms with E-state index in [9.17, 15) is 4.79 Å². The number of hydrogen-bond acceptors (Lipinski definition) is 5. The van der Waals surface area contributed by atoms with E-state index in [0.29, 0.717) is 17.6 Å². The minimum Gasteiger partial charge on any atom is -0.366 e. The number of benzene rings is 1. The fourth-order valence-corrected chi connectivity index (χ4v) is 5.62. The Labute approximate surface area is 225 Å². The predicted molar refractivity (Wildman–Crippen MR) is 151 cm³/mol. The Morgan fingerprint density at radius 3 is 2.46 bits per heavy atom. The van der Waals surface area contributed by atoms with Crippen molar-refractivity contribution >= 4 is 23.2 Å². The summed E-state index contributed by atoms with van der Waals surface area (Å²) < 4.78 is 0. The Morgan fingerprint density at radius 1 is 1.14 bits per heavy atom. The highest BCUT2D eigenvalue weighted by molar-refractivity contribution is 6.30. The lowest BCUT2D eigenvalue weighted by Gasteiger charge is -2.42. The van der Waals surface area contributed by atoms with Gasteiger partial charge in [-0.1, -0.05) is 11.6 Å². The number of carbonyl (C=O) groups excluding carboxylic acids is 1. The highest BCUT2D eigenvalue weighted by atomic mass is 35.5. The van der Waals surface area contributed by atoms with Crippen LogP contribution in [0, 0.1) is 20.8 Å². The lowest BCUT2D eigenvalue weighted by Crippen LogP contribution is -2.47. The molecule has 2 N–H and O–H groups in total. The summed E-state index contributed by atoms with van der Waals surface area (Å²) >= 11 is 6.19. The van der Waals surface area contributed by atoms with Gasteiger partial charge in [0.25, 0.3) is 5.91 Å². The van der Waals surface area contributed by atoms with Gasteiger partial charge in [0.15, 0.2) is 0 Å². The lowest BCUT2D eigenvalue weighted by molar-refractivity contribution is 0.0998. The molecule has 6 nitrogen and oxygen atoms in total. The number of amides is 1. The van der Waals surface area contributed by atoms with Gasteiger partial charge in [0.2, 0.25) is 0 Å². The summed E-state index contributed by atoms with van der Waals surface area (Å²) in [5.74, 6) is -0.406. The Morgan fingerprint density at radius 2 is 1.84 bits per heavy atom. The molecule has 0 spiro atoms. The molecule has 3 aromatic rings. The van der Waals surface area contributed by atoms with E-state index < -0.39 is 5.91 Å². The maximum Gasteiger partial charge on any atom is 0.250 e. The molecule has 0 radical (unpaired) electrons. The third-order valence-electron chi connectivity index (χ3n) is 7.72. The van der Waals surface area contributed by atoms with Crippen molar-refractivity contribution in [3.8, 4) is 0 Å². The van der Waals surface area contributed by atoms with Crippen molar-refractivity contribution in [1.82, 2.24) is 14.9 Å². The number of hydrogen-bond donors (Lipinski definition) is 1. The second kappa shape index (κ2) is 12.1. The Kier molecular flexibility index (Phi) is 8.83. The first-order valence-electron chi connectivity index (χ1n) is 13.2. The van der Waals surface area contributed by atoms with Gasteiger partial charge in [-0.05, 0) is 106 Å². The molecule has 1 aromatic carbocycles. The van der Waals surface area contributed by atoms with Crippen molar-refractivity contribution in [3.05, 3.63) is 87.5 Å². The van der Waals surface area contributed by atoms with Gasteiger partial charge in [-0.25, -0.2) is 0 Å². The number of primary amides is 1. The lowest BCUT2D eigenvalue weighted by atomic mass is 9.98. The minimum atomic E-state index is -0.406. The smallest absolute Gasteiger partial charge is 0.250 e. The van der Waals surface area contributed by atoms with E-state index in [1.807, 2.05) is 44.4 Å². The number of likely N-dealkylation sites (tertiary alicyclic amines) is 1. The molecule has 3 heterocycles. The van der Waals surface area contributed by atoms with Crippen LogP contribution in [0.5, 0.6) is 0 Å². The van der Waals surface area contributed by atoms with Crippen LogP contribution in [0.3, 0.4) is 0 Å². The summed E-state index contributed by atoms with van der Waals surface area (Å²) in [6, 6.07) is 13.2. The summed E-state index contributed by atoms with van der Waals surface area (Å²) in [6.45, 7) is 11.2. The first-order chi connectivity index (χ1) is 17.7. The predicted octanol–water partition coefficient (Wildman–Crippen LogP) is 5.65. The molecule has 0 bridgehead atoms. The highest BCUT2D eigenvalue weighted by Gasteiger charge is 2.27. The summed E-state index contributed by atoms with van der Waals surface area (Å²) in [5.41, 5.74) is 12.5. The zero-order valence-corrected chi connectivity index (χ0v) is 23.1. The third kappa shape index (κ3) is 6.68. The molecule has 0 aliphatic carbocycles. The molecule has 1 aliphatic rings. The molecule has 0 saturated carbocycles. The molecule has 1 fully saturated rings. The number of nitrogens with two attached hydrogens (primary N) is 1. The summed E-state index contributed by atoms with van der Waals surface area (Å²) in [7, 11) is 0. The van der Waals surface area contributed by atoms with E-state index in [2.05, 4.69) is 51.8 Å². The van der Waals surface area contributed by atoms with Gasteiger partial charge in [-0.3, -0.25) is 14.8 Å². The van der Waals surface area contributed by atoms with Crippen molar-refractivity contribution in [3.63, 3.8) is 0 Å². The number of rotatable bonds is 9. The van der Waals surface area contributed by atoms with E-state index >= 15 is 0 Å². The van der Waals surface area contributed by atoms with Gasteiger partial charge < -0.3 is 15.5 Å². The fourth-order valence-electron chi connectivity index (χ4n) is 5.50. The number of pyridine rings is 2. The Hall–Kier alpha value is -2.96. The van der Waals surface area contributed by atoms with Crippen molar-refractivity contribution in [2.24, 2.45) is 5.73 Å². The fraction of sp³-hybridized carbons (Fsp3) is 0.433. The van der Waals surface area contributed by atoms with Crippen molar-refractivity contribution in [2.45, 2.75) is 72.0 Å². The van der Waals surface area contributed by atoms with Gasteiger partial charge in [0.05, 0.1) is 11.3 Å². The van der Waals surface area contributed by atoms with Crippen LogP contribution in [0.4, 0.5) is 5.69 Å². The van der Waals surface area contributed by atoms with Crippen LogP contribution < -0.4 is 10.6 Å². The average molecular weight is 520 g/mol. The van der Waals surface area contributed by atoms with E-state index in [1.54, 1.807) is 0 Å². The topological polar surface area (TPSA) is 75.3 Å². The van der Waals surface area contributed by atoms with Gasteiger partial charge >= 0.3 is 0 Å². The number of nitrogens with zero attached hydrogens (tertiary/aromatic N) is 4.